The van der Waals surface area contributed by atoms with Crippen LogP contribution < -0.4 is 10.1 Å². The first-order valence-corrected chi connectivity index (χ1v) is 6.39. The van der Waals surface area contributed by atoms with Crippen LogP contribution in [0.2, 0.25) is 0 Å². The molecular formula is C15H20N2O2. The second-order valence-electron chi connectivity index (χ2n) is 4.98. The van der Waals surface area contributed by atoms with Gasteiger partial charge < -0.3 is 10.1 Å². The number of benzene rings is 1. The monoisotopic (exact) mass is 260 g/mol. The maximum Gasteiger partial charge on any atom is 0.258 e. The first kappa shape index (κ1) is 15.0. The minimum atomic E-state index is -0.450. The number of nitrogens with one attached hydrogen (secondary N) is 1. The van der Waals surface area contributed by atoms with Gasteiger partial charge in [-0.15, -0.1) is 0 Å². The molecule has 102 valence electrons. The van der Waals surface area contributed by atoms with E-state index in [0.717, 1.165) is 5.56 Å². The van der Waals surface area contributed by atoms with Crippen LogP contribution in [0.3, 0.4) is 0 Å². The van der Waals surface area contributed by atoms with Crippen molar-refractivity contribution in [3.63, 3.8) is 0 Å². The van der Waals surface area contributed by atoms with Crippen molar-refractivity contribution in [3.05, 3.63) is 29.8 Å². The van der Waals surface area contributed by atoms with Gasteiger partial charge in [0.05, 0.1) is 6.07 Å². The normalized spacial score (nSPS) is 11.7. The first-order chi connectivity index (χ1) is 9.01. The highest BCUT2D eigenvalue weighted by Gasteiger charge is 2.13. The predicted molar refractivity (Wildman–Crippen MR) is 73.7 cm³/mol. The third-order valence-corrected chi connectivity index (χ3v) is 2.59. The number of carbonyl (C=O) groups excluding carboxylic acids is 1. The van der Waals surface area contributed by atoms with Crippen molar-refractivity contribution < 1.29 is 9.53 Å². The molecule has 0 saturated carbocycles. The molecule has 1 amide bonds. The number of nitriles is 1. The van der Waals surface area contributed by atoms with Gasteiger partial charge >= 0.3 is 0 Å². The molecule has 0 heterocycles. The number of nitrogens with zero attached hydrogens (tertiary/aromatic N) is 1. The average Bonchev–Trinajstić information content (AvgIpc) is 2.36. The van der Waals surface area contributed by atoms with Crippen LogP contribution in [0.1, 0.15) is 25.8 Å². The third-order valence-electron chi connectivity index (χ3n) is 2.59. The molecule has 0 aliphatic carbocycles. The molecule has 1 aromatic rings. The maximum atomic E-state index is 11.6. The number of aryl methyl sites for hydroxylation is 1. The summed E-state index contributed by atoms with van der Waals surface area (Å²) in [7, 11) is 0. The summed E-state index contributed by atoms with van der Waals surface area (Å²) in [6.45, 7) is 5.94. The van der Waals surface area contributed by atoms with E-state index in [1.807, 2.05) is 45.0 Å². The average molecular weight is 260 g/mol. The lowest BCUT2D eigenvalue weighted by Crippen LogP contribution is -2.37. The number of hydrogen-bond acceptors (Lipinski definition) is 3. The van der Waals surface area contributed by atoms with Crippen LogP contribution in [0.4, 0.5) is 0 Å². The molecule has 4 heteroatoms. The molecule has 0 aromatic heterocycles. The molecule has 1 atom stereocenters. The summed E-state index contributed by atoms with van der Waals surface area (Å²) in [5.74, 6) is 0.744. The maximum absolute atomic E-state index is 11.6. The second-order valence-corrected chi connectivity index (χ2v) is 4.98. The van der Waals surface area contributed by atoms with Gasteiger partial charge in [0.15, 0.2) is 6.61 Å². The summed E-state index contributed by atoms with van der Waals surface area (Å²) in [6, 6.07) is 9.11. The molecule has 1 unspecified atom stereocenters. The molecule has 0 fully saturated rings. The van der Waals surface area contributed by atoms with Gasteiger partial charge in [-0.05, 0) is 31.4 Å². The summed E-state index contributed by atoms with van der Waals surface area (Å²) in [4.78, 5) is 11.6. The molecule has 4 nitrogen and oxygen atoms in total. The lowest BCUT2D eigenvalue weighted by Gasteiger charge is -2.14. The van der Waals surface area contributed by atoms with E-state index in [1.165, 1.54) is 0 Å². The molecule has 0 radical (unpaired) electrons. The lowest BCUT2D eigenvalue weighted by molar-refractivity contribution is -0.123. The highest BCUT2D eigenvalue weighted by atomic mass is 16.5. The van der Waals surface area contributed by atoms with Gasteiger partial charge in [0.2, 0.25) is 0 Å². The number of rotatable bonds is 6. The molecule has 0 saturated heterocycles. The van der Waals surface area contributed by atoms with Crippen molar-refractivity contribution in [2.75, 3.05) is 6.61 Å². The molecular weight excluding hydrogens is 240 g/mol. The summed E-state index contributed by atoms with van der Waals surface area (Å²) in [5, 5.41) is 11.6. The Morgan fingerprint density at radius 3 is 2.53 bits per heavy atom. The van der Waals surface area contributed by atoms with E-state index in [0.29, 0.717) is 18.1 Å². The predicted octanol–water partition coefficient (Wildman–Crippen LogP) is 2.43. The van der Waals surface area contributed by atoms with Crippen LogP contribution in [0.15, 0.2) is 24.3 Å². The summed E-state index contributed by atoms with van der Waals surface area (Å²) >= 11 is 0. The molecule has 0 spiro atoms. The van der Waals surface area contributed by atoms with Crippen LogP contribution in [0.25, 0.3) is 0 Å². The van der Waals surface area contributed by atoms with Crippen LogP contribution in [0.5, 0.6) is 5.75 Å². The minimum Gasteiger partial charge on any atom is -0.484 e. The van der Waals surface area contributed by atoms with Crippen molar-refractivity contribution in [2.24, 2.45) is 5.92 Å². The molecule has 0 aliphatic heterocycles. The Labute approximate surface area is 114 Å². The summed E-state index contributed by atoms with van der Waals surface area (Å²) < 4.78 is 5.35. The Balaban J connectivity index is 2.39. The fraction of sp³-hybridized carbons (Fsp3) is 0.467. The molecule has 1 rings (SSSR count). The highest BCUT2D eigenvalue weighted by Crippen LogP contribution is 2.11. The lowest BCUT2D eigenvalue weighted by atomic mass is 10.1. The highest BCUT2D eigenvalue weighted by molar-refractivity contribution is 5.78. The standard InChI is InChI=1S/C15H20N2O2/c1-11(2)8-13(9-16)17-15(18)10-19-14-6-4-12(3)5-7-14/h4-7,11,13H,8,10H2,1-3H3,(H,17,18). The van der Waals surface area contributed by atoms with Crippen LogP contribution in [-0.4, -0.2) is 18.6 Å². The number of amides is 1. The molecule has 1 N–H and O–H groups in total. The molecule has 0 bridgehead atoms. The molecule has 1 aromatic carbocycles. The van der Waals surface area contributed by atoms with Crippen molar-refractivity contribution in [2.45, 2.75) is 33.2 Å². The van der Waals surface area contributed by atoms with Gasteiger partial charge in [-0.3, -0.25) is 4.79 Å². The zero-order valence-electron chi connectivity index (χ0n) is 11.6. The van der Waals surface area contributed by atoms with Crippen LogP contribution >= 0.6 is 0 Å². The van der Waals surface area contributed by atoms with Gasteiger partial charge in [0.25, 0.3) is 5.91 Å². The largest absolute Gasteiger partial charge is 0.484 e. The van der Waals surface area contributed by atoms with Crippen LogP contribution in [-0.2, 0) is 4.79 Å². The Morgan fingerprint density at radius 1 is 1.37 bits per heavy atom. The molecule has 0 aliphatic rings. The van der Waals surface area contributed by atoms with Crippen molar-refractivity contribution in [1.82, 2.24) is 5.32 Å². The van der Waals surface area contributed by atoms with Gasteiger partial charge in [0.1, 0.15) is 11.8 Å². The number of carbonyl (C=O) groups is 1. The Bertz CT molecular complexity index is 446. The minimum absolute atomic E-state index is 0.0701. The molecule has 19 heavy (non-hydrogen) atoms. The van der Waals surface area contributed by atoms with E-state index in [1.54, 1.807) is 0 Å². The first-order valence-electron chi connectivity index (χ1n) is 6.39. The third kappa shape index (κ3) is 5.91. The second kappa shape index (κ2) is 7.42. The van der Waals surface area contributed by atoms with Crippen LogP contribution in [0, 0.1) is 24.2 Å². The topological polar surface area (TPSA) is 62.1 Å². The fourth-order valence-corrected chi connectivity index (χ4v) is 1.63. The SMILES string of the molecule is Cc1ccc(OCC(=O)NC(C#N)CC(C)C)cc1. The summed E-state index contributed by atoms with van der Waals surface area (Å²) in [5.41, 5.74) is 1.14. The van der Waals surface area contributed by atoms with Crippen molar-refractivity contribution in [1.29, 1.82) is 5.26 Å². The van der Waals surface area contributed by atoms with E-state index < -0.39 is 6.04 Å². The Morgan fingerprint density at radius 2 is 2.00 bits per heavy atom. The Hall–Kier alpha value is -2.02. The zero-order chi connectivity index (χ0) is 14.3. The van der Waals surface area contributed by atoms with Crippen molar-refractivity contribution >= 4 is 5.91 Å². The van der Waals surface area contributed by atoms with E-state index in [9.17, 15) is 4.79 Å². The van der Waals surface area contributed by atoms with E-state index in [2.05, 4.69) is 11.4 Å². The number of hydrogen-bond donors (Lipinski definition) is 1. The smallest absolute Gasteiger partial charge is 0.258 e. The van der Waals surface area contributed by atoms with Gasteiger partial charge in [-0.2, -0.15) is 5.26 Å². The van der Waals surface area contributed by atoms with E-state index in [-0.39, 0.29) is 12.5 Å². The van der Waals surface area contributed by atoms with Gasteiger partial charge in [0, 0.05) is 0 Å². The van der Waals surface area contributed by atoms with E-state index >= 15 is 0 Å². The summed E-state index contributed by atoms with van der Waals surface area (Å²) in [6.07, 6.45) is 0.646. The van der Waals surface area contributed by atoms with Gasteiger partial charge in [-0.25, -0.2) is 0 Å². The van der Waals surface area contributed by atoms with Gasteiger partial charge in [-0.1, -0.05) is 31.5 Å². The van der Waals surface area contributed by atoms with Crippen molar-refractivity contribution in [3.8, 4) is 11.8 Å². The zero-order valence-corrected chi connectivity index (χ0v) is 11.6. The fourth-order valence-electron chi connectivity index (χ4n) is 1.63. The number of ether oxygens (including phenoxy) is 1. The quantitative estimate of drug-likeness (QED) is 0.854. The van der Waals surface area contributed by atoms with E-state index in [4.69, 9.17) is 10.00 Å². The Kier molecular flexibility index (Phi) is 5.87.